The molecule has 0 aromatic heterocycles. The van der Waals surface area contributed by atoms with Gasteiger partial charge in [-0.25, -0.2) is 0 Å². The summed E-state index contributed by atoms with van der Waals surface area (Å²) in [4.78, 5) is 0. The summed E-state index contributed by atoms with van der Waals surface area (Å²) in [6.45, 7) is 8.95. The minimum atomic E-state index is -2.81. The molecule has 3 aliphatic rings. The maximum absolute atomic E-state index is 15.2. The molecule has 3 fully saturated rings. The first kappa shape index (κ1) is 19.6. The van der Waals surface area contributed by atoms with Crippen LogP contribution in [0.15, 0.2) is 60.7 Å². The number of aliphatic hydroxyl groups is 1. The fraction of sp³-hybridized carbons (Fsp3) is 0.538. The lowest BCUT2D eigenvalue weighted by Gasteiger charge is -2.42. The highest BCUT2D eigenvalue weighted by Gasteiger charge is 2.76. The largest absolute Gasteiger partial charge is 0.389 e. The number of fused-ring (bicyclic) bond motifs is 2. The molecule has 3 heteroatoms. The Balaban J connectivity index is 1.68. The number of hydrogen-bond acceptors (Lipinski definition) is 2. The zero-order valence-corrected chi connectivity index (χ0v) is 18.9. The molecule has 1 aliphatic heterocycles. The van der Waals surface area contributed by atoms with Gasteiger partial charge in [0, 0.05) is 17.2 Å². The third-order valence-electron chi connectivity index (χ3n) is 9.08. The Morgan fingerprint density at radius 3 is 2.14 bits per heavy atom. The van der Waals surface area contributed by atoms with Crippen molar-refractivity contribution in [1.29, 1.82) is 0 Å². The van der Waals surface area contributed by atoms with Gasteiger partial charge in [0.25, 0.3) is 0 Å². The van der Waals surface area contributed by atoms with Crippen LogP contribution in [-0.4, -0.2) is 15.9 Å². The van der Waals surface area contributed by atoms with E-state index >= 15 is 4.57 Å². The van der Waals surface area contributed by atoms with E-state index < -0.39 is 12.7 Å². The molecular weight excluding hydrogens is 375 g/mol. The van der Waals surface area contributed by atoms with Crippen molar-refractivity contribution in [3.05, 3.63) is 71.8 Å². The van der Waals surface area contributed by atoms with Crippen molar-refractivity contribution in [2.75, 3.05) is 0 Å². The van der Waals surface area contributed by atoms with Gasteiger partial charge in [0.15, 0.2) is 0 Å². The molecule has 29 heavy (non-hydrogen) atoms. The molecule has 7 atom stereocenters. The van der Waals surface area contributed by atoms with E-state index in [9.17, 15) is 5.11 Å². The second-order valence-electron chi connectivity index (χ2n) is 10.9. The standard InChI is InChI=1S/C26H33O2P/c1-24(2)20-15-22-25(3,16-21(20)24)29(28,17-18-11-7-5-8-12-18)23(26(22,4)27)19-13-9-6-10-14-19/h5-14,20-23,27H,15-17H2,1-4H3/t20-,21-,22+,23+,25-,26+,29-/m1/s1. The van der Waals surface area contributed by atoms with Crippen LogP contribution >= 0.6 is 7.14 Å². The summed E-state index contributed by atoms with van der Waals surface area (Å²) in [7, 11) is -2.81. The first-order valence-electron chi connectivity index (χ1n) is 11.0. The van der Waals surface area contributed by atoms with Crippen LogP contribution < -0.4 is 0 Å². The molecule has 1 N–H and O–H groups in total. The van der Waals surface area contributed by atoms with Crippen molar-refractivity contribution in [2.45, 2.75) is 63.1 Å². The van der Waals surface area contributed by atoms with Gasteiger partial charge < -0.3 is 9.67 Å². The Kier molecular flexibility index (Phi) is 4.11. The molecule has 154 valence electrons. The summed E-state index contributed by atoms with van der Waals surface area (Å²) in [5.74, 6) is 1.38. The van der Waals surface area contributed by atoms with Gasteiger partial charge in [-0.2, -0.15) is 0 Å². The summed E-state index contributed by atoms with van der Waals surface area (Å²) < 4.78 is 15.2. The third kappa shape index (κ3) is 2.55. The second kappa shape index (κ2) is 6.08. The van der Waals surface area contributed by atoms with Gasteiger partial charge in [-0.15, -0.1) is 0 Å². The fourth-order valence-corrected chi connectivity index (χ4v) is 12.3. The first-order chi connectivity index (χ1) is 13.6. The highest BCUT2D eigenvalue weighted by molar-refractivity contribution is 7.65. The minimum Gasteiger partial charge on any atom is -0.389 e. The third-order valence-corrected chi connectivity index (χ3v) is 13.8. The van der Waals surface area contributed by atoms with Gasteiger partial charge in [-0.1, -0.05) is 81.4 Å². The Hall–Kier alpha value is -1.37. The quantitative estimate of drug-likeness (QED) is 0.589. The van der Waals surface area contributed by atoms with Crippen LogP contribution in [-0.2, 0) is 10.7 Å². The second-order valence-corrected chi connectivity index (χ2v) is 14.3. The Bertz CT molecular complexity index is 965. The molecule has 0 unspecified atom stereocenters. The van der Waals surface area contributed by atoms with E-state index in [1.165, 1.54) is 0 Å². The van der Waals surface area contributed by atoms with Crippen LogP contribution in [0.2, 0.25) is 0 Å². The molecule has 0 radical (unpaired) electrons. The van der Waals surface area contributed by atoms with E-state index in [0.29, 0.717) is 23.4 Å². The monoisotopic (exact) mass is 408 g/mol. The highest BCUT2D eigenvalue weighted by atomic mass is 31.2. The van der Waals surface area contributed by atoms with Crippen LogP contribution in [0.5, 0.6) is 0 Å². The van der Waals surface area contributed by atoms with Crippen molar-refractivity contribution in [3.63, 3.8) is 0 Å². The number of rotatable bonds is 3. The molecule has 2 nitrogen and oxygen atoms in total. The van der Waals surface area contributed by atoms with Crippen LogP contribution in [0, 0.1) is 23.2 Å². The van der Waals surface area contributed by atoms with E-state index in [2.05, 4.69) is 45.0 Å². The Morgan fingerprint density at radius 1 is 0.931 bits per heavy atom. The van der Waals surface area contributed by atoms with E-state index in [1.807, 2.05) is 43.3 Å². The molecule has 0 amide bonds. The molecule has 2 aromatic carbocycles. The zero-order valence-electron chi connectivity index (χ0n) is 18.0. The predicted molar refractivity (Wildman–Crippen MR) is 119 cm³/mol. The average Bonchev–Trinajstić information content (AvgIpc) is 3.16. The lowest BCUT2D eigenvalue weighted by molar-refractivity contribution is -0.0195. The van der Waals surface area contributed by atoms with Crippen LogP contribution in [0.25, 0.3) is 0 Å². The topological polar surface area (TPSA) is 37.3 Å². The Labute approximate surface area is 175 Å². The van der Waals surface area contributed by atoms with Crippen LogP contribution in [0.3, 0.4) is 0 Å². The lowest BCUT2D eigenvalue weighted by Crippen LogP contribution is -2.44. The molecule has 0 spiro atoms. The molecule has 2 saturated carbocycles. The van der Waals surface area contributed by atoms with E-state index in [0.717, 1.165) is 24.0 Å². The Morgan fingerprint density at radius 2 is 1.52 bits per heavy atom. The maximum atomic E-state index is 15.2. The van der Waals surface area contributed by atoms with Gasteiger partial charge in [-0.3, -0.25) is 0 Å². The lowest BCUT2D eigenvalue weighted by atomic mass is 9.69. The molecular formula is C26H33O2P. The van der Waals surface area contributed by atoms with Crippen molar-refractivity contribution >= 4 is 7.14 Å². The first-order valence-corrected chi connectivity index (χ1v) is 13.0. The number of hydrogen-bond donors (Lipinski definition) is 1. The average molecular weight is 409 g/mol. The summed E-state index contributed by atoms with van der Waals surface area (Å²) in [6.07, 6.45) is 2.57. The SMILES string of the molecule is CC1(C)[C@@H]2C[C@@H]3[C@](C)(O)[C@H](c4ccccc4)[P@](=O)(Cc4ccccc4)[C@]3(C)C[C@H]21. The molecule has 1 heterocycles. The molecule has 2 aliphatic carbocycles. The van der Waals surface area contributed by atoms with Gasteiger partial charge in [0.05, 0.1) is 11.3 Å². The summed E-state index contributed by atoms with van der Waals surface area (Å²) in [5, 5.41) is 11.7. The van der Waals surface area contributed by atoms with Gasteiger partial charge in [0.2, 0.25) is 0 Å². The van der Waals surface area contributed by atoms with Crippen molar-refractivity contribution in [1.82, 2.24) is 0 Å². The van der Waals surface area contributed by atoms with Crippen LogP contribution in [0.1, 0.15) is 57.3 Å². The summed E-state index contributed by atoms with van der Waals surface area (Å²) in [6, 6.07) is 20.5. The van der Waals surface area contributed by atoms with E-state index in [-0.39, 0.29) is 16.7 Å². The molecule has 5 rings (SSSR count). The summed E-state index contributed by atoms with van der Waals surface area (Å²) >= 11 is 0. The van der Waals surface area contributed by atoms with Crippen molar-refractivity contribution in [2.24, 2.45) is 23.2 Å². The maximum Gasteiger partial charge on any atom is 0.108 e. The predicted octanol–water partition coefficient (Wildman–Crippen LogP) is 6.50. The highest BCUT2D eigenvalue weighted by Crippen LogP contribution is 2.87. The fourth-order valence-electron chi connectivity index (χ4n) is 7.36. The van der Waals surface area contributed by atoms with Gasteiger partial charge in [-0.05, 0) is 48.1 Å². The molecule has 2 aromatic rings. The van der Waals surface area contributed by atoms with Crippen molar-refractivity contribution in [3.8, 4) is 0 Å². The van der Waals surface area contributed by atoms with Gasteiger partial charge >= 0.3 is 0 Å². The van der Waals surface area contributed by atoms with Crippen molar-refractivity contribution < 1.29 is 9.67 Å². The smallest absolute Gasteiger partial charge is 0.108 e. The van der Waals surface area contributed by atoms with E-state index in [1.54, 1.807) is 0 Å². The summed E-state index contributed by atoms with van der Waals surface area (Å²) in [5.41, 5.74) is 1.24. The molecule has 0 bridgehead atoms. The number of benzene rings is 2. The van der Waals surface area contributed by atoms with Gasteiger partial charge in [0.1, 0.15) is 7.14 Å². The normalized spacial score (nSPS) is 44.7. The molecule has 1 saturated heterocycles. The zero-order chi connectivity index (χ0) is 20.7. The van der Waals surface area contributed by atoms with E-state index in [4.69, 9.17) is 0 Å². The minimum absolute atomic E-state index is 0.0813. The van der Waals surface area contributed by atoms with Crippen LogP contribution in [0.4, 0.5) is 0 Å².